The van der Waals surface area contributed by atoms with E-state index in [-0.39, 0.29) is 23.5 Å². The van der Waals surface area contributed by atoms with Crippen LogP contribution in [0.25, 0.3) is 0 Å². The molecule has 0 saturated heterocycles. The summed E-state index contributed by atoms with van der Waals surface area (Å²) in [5, 5.41) is 20.3. The lowest BCUT2D eigenvalue weighted by molar-refractivity contribution is 0.138. The van der Waals surface area contributed by atoms with E-state index < -0.39 is 0 Å². The van der Waals surface area contributed by atoms with E-state index in [1.54, 1.807) is 18.2 Å². The van der Waals surface area contributed by atoms with Crippen molar-refractivity contribution < 1.29 is 19.7 Å². The van der Waals surface area contributed by atoms with Gasteiger partial charge in [-0.2, -0.15) is 0 Å². The van der Waals surface area contributed by atoms with Gasteiger partial charge in [0.1, 0.15) is 29.1 Å². The van der Waals surface area contributed by atoms with Gasteiger partial charge in [-0.05, 0) is 58.2 Å². The number of rotatable bonds is 5. The lowest BCUT2D eigenvalue weighted by Gasteiger charge is -2.27. The normalized spacial score (nSPS) is 19.5. The first-order valence-electron chi connectivity index (χ1n) is 10.2. The van der Waals surface area contributed by atoms with Crippen molar-refractivity contribution in [1.29, 1.82) is 0 Å². The summed E-state index contributed by atoms with van der Waals surface area (Å²) in [5.74, 6) is 1.98. The Morgan fingerprint density at radius 1 is 1.07 bits per heavy atom. The minimum Gasteiger partial charge on any atom is -0.508 e. The summed E-state index contributed by atoms with van der Waals surface area (Å²) in [5.41, 5.74) is 5.49. The highest BCUT2D eigenvalue weighted by molar-refractivity contribution is 5.57. The highest BCUT2D eigenvalue weighted by Crippen LogP contribution is 2.53. The van der Waals surface area contributed by atoms with E-state index in [0.717, 1.165) is 35.3 Å². The van der Waals surface area contributed by atoms with E-state index in [4.69, 9.17) is 9.47 Å². The molecule has 0 radical (unpaired) electrons. The van der Waals surface area contributed by atoms with Crippen molar-refractivity contribution in [1.82, 2.24) is 0 Å². The standard InChI is InChI=1S/C25H28O4/c1-15(2)5-4-6-16(3)7-9-19-22(27)12-11-18-21-14-28-23-13-17(26)8-10-20(23)25(21)29-24(18)19/h5,7-8,10-13,21,25-27H,4,6,9,14H2,1-3H3/b16-7+. The molecule has 4 nitrogen and oxygen atoms in total. The van der Waals surface area contributed by atoms with Crippen molar-refractivity contribution in [3.8, 4) is 23.0 Å². The van der Waals surface area contributed by atoms with Crippen LogP contribution in [0.1, 0.15) is 62.3 Å². The van der Waals surface area contributed by atoms with Gasteiger partial charge in [0, 0.05) is 22.8 Å². The molecule has 2 heterocycles. The van der Waals surface area contributed by atoms with Gasteiger partial charge < -0.3 is 19.7 Å². The lowest BCUT2D eigenvalue weighted by Crippen LogP contribution is -2.22. The first-order valence-corrected chi connectivity index (χ1v) is 10.2. The zero-order valence-corrected chi connectivity index (χ0v) is 17.2. The zero-order valence-electron chi connectivity index (χ0n) is 17.2. The molecule has 0 aliphatic carbocycles. The van der Waals surface area contributed by atoms with Gasteiger partial charge in [-0.3, -0.25) is 0 Å². The molecule has 2 atom stereocenters. The topological polar surface area (TPSA) is 58.9 Å². The molecule has 152 valence electrons. The van der Waals surface area contributed by atoms with E-state index in [1.165, 1.54) is 11.1 Å². The number of hydrogen-bond acceptors (Lipinski definition) is 4. The minimum atomic E-state index is -0.155. The smallest absolute Gasteiger partial charge is 0.138 e. The van der Waals surface area contributed by atoms with Crippen LogP contribution in [0, 0.1) is 0 Å². The molecule has 0 saturated carbocycles. The number of aromatic hydroxyl groups is 2. The number of allylic oxidation sites excluding steroid dienone is 4. The van der Waals surface area contributed by atoms with Gasteiger partial charge in [-0.25, -0.2) is 0 Å². The molecule has 0 spiro atoms. The van der Waals surface area contributed by atoms with Crippen LogP contribution in [0.5, 0.6) is 23.0 Å². The van der Waals surface area contributed by atoms with Gasteiger partial charge in [0.15, 0.2) is 0 Å². The van der Waals surface area contributed by atoms with Crippen LogP contribution in [-0.2, 0) is 6.42 Å². The molecule has 2 aromatic carbocycles. The van der Waals surface area contributed by atoms with Gasteiger partial charge in [-0.1, -0.05) is 29.4 Å². The predicted molar refractivity (Wildman–Crippen MR) is 114 cm³/mol. The van der Waals surface area contributed by atoms with Crippen LogP contribution in [0.15, 0.2) is 53.6 Å². The van der Waals surface area contributed by atoms with Crippen LogP contribution in [-0.4, -0.2) is 16.8 Å². The summed E-state index contributed by atoms with van der Waals surface area (Å²) >= 11 is 0. The van der Waals surface area contributed by atoms with Crippen LogP contribution in [0.2, 0.25) is 0 Å². The average molecular weight is 392 g/mol. The SMILES string of the molecule is CC(C)=CCC/C(C)=C/Cc1c(O)ccc2c1OC1c3ccc(O)cc3OCC21. The Kier molecular flexibility index (Phi) is 5.27. The largest absolute Gasteiger partial charge is 0.508 e. The maximum absolute atomic E-state index is 10.5. The summed E-state index contributed by atoms with van der Waals surface area (Å²) in [6.07, 6.45) is 6.96. The lowest BCUT2D eigenvalue weighted by atomic mass is 9.88. The molecule has 4 heteroatoms. The molecule has 2 aromatic rings. The minimum absolute atomic E-state index is 0.0872. The fourth-order valence-electron chi connectivity index (χ4n) is 4.12. The Morgan fingerprint density at radius 3 is 2.66 bits per heavy atom. The second-order valence-corrected chi connectivity index (χ2v) is 8.23. The fraction of sp³-hybridized carbons (Fsp3) is 0.360. The van der Waals surface area contributed by atoms with Crippen LogP contribution in [0.4, 0.5) is 0 Å². The third-order valence-corrected chi connectivity index (χ3v) is 5.74. The molecule has 4 rings (SSSR count). The molecule has 2 aliphatic heterocycles. The Bertz CT molecular complexity index is 983. The molecule has 2 N–H and O–H groups in total. The second kappa shape index (κ2) is 7.86. The number of fused-ring (bicyclic) bond motifs is 5. The maximum Gasteiger partial charge on any atom is 0.138 e. The molecule has 0 aromatic heterocycles. The first kappa shape index (κ1) is 19.4. The molecule has 2 unspecified atom stereocenters. The maximum atomic E-state index is 10.5. The van der Waals surface area contributed by atoms with Gasteiger partial charge in [-0.15, -0.1) is 0 Å². The number of phenolic OH excluding ortho intramolecular Hbond substituents is 2. The van der Waals surface area contributed by atoms with Crippen molar-refractivity contribution in [2.45, 2.75) is 52.1 Å². The van der Waals surface area contributed by atoms with Crippen molar-refractivity contribution in [2.75, 3.05) is 6.61 Å². The summed E-state index contributed by atoms with van der Waals surface area (Å²) in [4.78, 5) is 0. The third-order valence-electron chi connectivity index (χ3n) is 5.74. The molecule has 2 aliphatic rings. The number of phenols is 2. The fourth-order valence-corrected chi connectivity index (χ4v) is 4.12. The monoisotopic (exact) mass is 392 g/mol. The Morgan fingerprint density at radius 2 is 1.86 bits per heavy atom. The van der Waals surface area contributed by atoms with E-state index in [9.17, 15) is 10.2 Å². The predicted octanol–water partition coefficient (Wildman–Crippen LogP) is 5.94. The Hall–Kier alpha value is -2.88. The van der Waals surface area contributed by atoms with E-state index in [1.807, 2.05) is 12.1 Å². The van der Waals surface area contributed by atoms with E-state index >= 15 is 0 Å². The van der Waals surface area contributed by atoms with Crippen molar-refractivity contribution >= 4 is 0 Å². The number of ether oxygens (including phenoxy) is 2. The van der Waals surface area contributed by atoms with Gasteiger partial charge >= 0.3 is 0 Å². The molecular formula is C25H28O4. The molecule has 0 amide bonds. The van der Waals surface area contributed by atoms with Crippen molar-refractivity contribution in [2.24, 2.45) is 0 Å². The van der Waals surface area contributed by atoms with Gasteiger partial charge in [0.2, 0.25) is 0 Å². The van der Waals surface area contributed by atoms with E-state index in [0.29, 0.717) is 18.8 Å². The molecule has 0 fully saturated rings. The summed E-state index contributed by atoms with van der Waals surface area (Å²) < 4.78 is 12.3. The zero-order chi connectivity index (χ0) is 20.5. The summed E-state index contributed by atoms with van der Waals surface area (Å²) in [6.45, 7) is 6.86. The molecule has 29 heavy (non-hydrogen) atoms. The highest BCUT2D eigenvalue weighted by atomic mass is 16.5. The highest BCUT2D eigenvalue weighted by Gasteiger charge is 2.42. The third kappa shape index (κ3) is 3.84. The van der Waals surface area contributed by atoms with Crippen molar-refractivity contribution in [3.05, 3.63) is 70.3 Å². The van der Waals surface area contributed by atoms with Gasteiger partial charge in [0.25, 0.3) is 0 Å². The number of benzene rings is 2. The van der Waals surface area contributed by atoms with Crippen LogP contribution < -0.4 is 9.47 Å². The van der Waals surface area contributed by atoms with Crippen LogP contribution in [0.3, 0.4) is 0 Å². The van der Waals surface area contributed by atoms with Gasteiger partial charge in [0.05, 0.1) is 12.5 Å². The second-order valence-electron chi connectivity index (χ2n) is 8.23. The Balaban J connectivity index is 1.59. The van der Waals surface area contributed by atoms with Crippen molar-refractivity contribution in [3.63, 3.8) is 0 Å². The van der Waals surface area contributed by atoms with Crippen LogP contribution >= 0.6 is 0 Å². The Labute approximate surface area is 172 Å². The molecule has 0 bridgehead atoms. The number of hydrogen-bond donors (Lipinski definition) is 2. The summed E-state index contributed by atoms with van der Waals surface area (Å²) in [7, 11) is 0. The molecular weight excluding hydrogens is 364 g/mol. The summed E-state index contributed by atoms with van der Waals surface area (Å²) in [6, 6.07) is 8.86. The first-order chi connectivity index (χ1) is 13.9. The quantitative estimate of drug-likeness (QED) is 0.618. The van der Waals surface area contributed by atoms with E-state index in [2.05, 4.69) is 32.9 Å². The average Bonchev–Trinajstić information content (AvgIpc) is 3.05.